The number of hydrogen-bond acceptors (Lipinski definition) is 4. The summed E-state index contributed by atoms with van der Waals surface area (Å²) in [6.45, 7) is 0.331. The number of benzene rings is 3. The maximum Gasteiger partial charge on any atom is 0.232 e. The minimum Gasteiger partial charge on any atom is -0.496 e. The van der Waals surface area contributed by atoms with Crippen LogP contribution >= 0.6 is 0 Å². The molecule has 1 unspecified atom stereocenters. The Balaban J connectivity index is 1.59. The van der Waals surface area contributed by atoms with Gasteiger partial charge in [0.15, 0.2) is 0 Å². The second-order valence-electron chi connectivity index (χ2n) is 6.82. The van der Waals surface area contributed by atoms with Crippen LogP contribution in [0.5, 0.6) is 17.2 Å². The van der Waals surface area contributed by atoms with E-state index in [1.54, 1.807) is 14.2 Å². The molecule has 1 aliphatic rings. The molecule has 0 bridgehead atoms. The summed E-state index contributed by atoms with van der Waals surface area (Å²) >= 11 is 0. The number of rotatable bonds is 6. The molecule has 0 aliphatic carbocycles. The fourth-order valence-corrected chi connectivity index (χ4v) is 3.74. The predicted octanol–water partition coefficient (Wildman–Crippen LogP) is 4.44. The number of para-hydroxylation sites is 3. The summed E-state index contributed by atoms with van der Waals surface area (Å²) < 4.78 is 17.1. The number of amides is 1. The third-order valence-electron chi connectivity index (χ3n) is 5.17. The lowest BCUT2D eigenvalue weighted by atomic mass is 9.87. The highest BCUT2D eigenvalue weighted by Gasteiger charge is 2.32. The summed E-state index contributed by atoms with van der Waals surface area (Å²) in [5.41, 5.74) is 2.61. The summed E-state index contributed by atoms with van der Waals surface area (Å²) in [5.74, 6) is 1.62. The minimum absolute atomic E-state index is 0.0925. The van der Waals surface area contributed by atoms with Gasteiger partial charge in [-0.15, -0.1) is 0 Å². The standard InChI is InChI=1S/C24H23NO4/c1-27-19-12-6-3-9-16(19)22(28-2)15-25-24(26)23-17-10-4-7-13-20(17)29-21-14-8-5-11-18(21)23/h3-14,22-23H,15H2,1-2H3,(H,25,26). The number of ether oxygens (including phenoxy) is 3. The molecule has 1 atom stereocenters. The zero-order chi connectivity index (χ0) is 20.2. The Morgan fingerprint density at radius 1 is 0.931 bits per heavy atom. The maximum atomic E-state index is 13.3. The fourth-order valence-electron chi connectivity index (χ4n) is 3.74. The van der Waals surface area contributed by atoms with Gasteiger partial charge in [0.1, 0.15) is 23.4 Å². The largest absolute Gasteiger partial charge is 0.496 e. The van der Waals surface area contributed by atoms with Crippen molar-refractivity contribution in [3.63, 3.8) is 0 Å². The van der Waals surface area contributed by atoms with Crippen LogP contribution in [0, 0.1) is 0 Å². The summed E-state index contributed by atoms with van der Waals surface area (Å²) in [6, 6.07) is 23.0. The van der Waals surface area contributed by atoms with Crippen LogP contribution in [0.3, 0.4) is 0 Å². The zero-order valence-electron chi connectivity index (χ0n) is 16.4. The van der Waals surface area contributed by atoms with Crippen LogP contribution in [0.4, 0.5) is 0 Å². The first kappa shape index (κ1) is 19.0. The van der Waals surface area contributed by atoms with E-state index in [2.05, 4.69) is 5.32 Å². The van der Waals surface area contributed by atoms with E-state index in [1.807, 2.05) is 72.8 Å². The smallest absolute Gasteiger partial charge is 0.232 e. The minimum atomic E-state index is -0.439. The van der Waals surface area contributed by atoms with E-state index < -0.39 is 5.92 Å². The molecule has 0 saturated carbocycles. The Bertz CT molecular complexity index is 972. The van der Waals surface area contributed by atoms with E-state index in [1.165, 1.54) is 0 Å². The average Bonchev–Trinajstić information content (AvgIpc) is 2.78. The molecule has 0 spiro atoms. The van der Waals surface area contributed by atoms with Gasteiger partial charge in [-0.1, -0.05) is 54.6 Å². The Labute approximate surface area is 170 Å². The van der Waals surface area contributed by atoms with Gasteiger partial charge in [0.25, 0.3) is 0 Å². The van der Waals surface area contributed by atoms with Crippen molar-refractivity contribution in [1.29, 1.82) is 0 Å². The molecular formula is C24H23NO4. The number of carbonyl (C=O) groups excluding carboxylic acids is 1. The molecule has 0 saturated heterocycles. The van der Waals surface area contributed by atoms with Gasteiger partial charge in [-0.05, 0) is 18.2 Å². The van der Waals surface area contributed by atoms with Crippen molar-refractivity contribution < 1.29 is 19.0 Å². The Kier molecular flexibility index (Phi) is 5.49. The van der Waals surface area contributed by atoms with E-state index in [9.17, 15) is 4.79 Å². The molecule has 5 heteroatoms. The van der Waals surface area contributed by atoms with Crippen LogP contribution < -0.4 is 14.8 Å². The van der Waals surface area contributed by atoms with Crippen molar-refractivity contribution >= 4 is 5.91 Å². The fraction of sp³-hybridized carbons (Fsp3) is 0.208. The van der Waals surface area contributed by atoms with Crippen LogP contribution in [0.25, 0.3) is 0 Å². The molecule has 5 nitrogen and oxygen atoms in total. The van der Waals surface area contributed by atoms with E-state index in [-0.39, 0.29) is 12.0 Å². The highest BCUT2D eigenvalue weighted by Crippen LogP contribution is 2.43. The lowest BCUT2D eigenvalue weighted by Crippen LogP contribution is -2.35. The summed E-state index contributed by atoms with van der Waals surface area (Å²) in [4.78, 5) is 13.3. The highest BCUT2D eigenvalue weighted by atomic mass is 16.5. The first-order valence-corrected chi connectivity index (χ1v) is 9.52. The molecule has 1 N–H and O–H groups in total. The number of fused-ring (bicyclic) bond motifs is 2. The van der Waals surface area contributed by atoms with E-state index in [4.69, 9.17) is 14.2 Å². The third-order valence-corrected chi connectivity index (χ3v) is 5.17. The molecule has 0 aromatic heterocycles. The summed E-state index contributed by atoms with van der Waals surface area (Å²) in [7, 11) is 3.25. The first-order chi connectivity index (χ1) is 14.2. The number of nitrogens with one attached hydrogen (secondary N) is 1. The van der Waals surface area contributed by atoms with Crippen LogP contribution in [0.1, 0.15) is 28.7 Å². The van der Waals surface area contributed by atoms with Gasteiger partial charge < -0.3 is 19.5 Å². The van der Waals surface area contributed by atoms with Gasteiger partial charge in [-0.25, -0.2) is 0 Å². The molecular weight excluding hydrogens is 366 g/mol. The number of carbonyl (C=O) groups is 1. The van der Waals surface area contributed by atoms with Gasteiger partial charge in [-0.3, -0.25) is 4.79 Å². The third kappa shape index (κ3) is 3.69. The Morgan fingerprint density at radius 2 is 1.52 bits per heavy atom. The molecule has 1 aliphatic heterocycles. The number of methoxy groups -OCH3 is 2. The van der Waals surface area contributed by atoms with Gasteiger partial charge in [0.2, 0.25) is 5.91 Å². The van der Waals surface area contributed by atoms with Gasteiger partial charge >= 0.3 is 0 Å². The molecule has 0 radical (unpaired) electrons. The Hall–Kier alpha value is -3.31. The lowest BCUT2D eigenvalue weighted by Gasteiger charge is -2.28. The van der Waals surface area contributed by atoms with E-state index in [0.29, 0.717) is 18.0 Å². The maximum absolute atomic E-state index is 13.3. The monoisotopic (exact) mass is 389 g/mol. The van der Waals surface area contributed by atoms with Crippen molar-refractivity contribution in [3.05, 3.63) is 89.5 Å². The number of hydrogen-bond donors (Lipinski definition) is 1. The lowest BCUT2D eigenvalue weighted by molar-refractivity contribution is -0.122. The van der Waals surface area contributed by atoms with Crippen molar-refractivity contribution in [3.8, 4) is 17.2 Å². The van der Waals surface area contributed by atoms with Crippen molar-refractivity contribution in [2.75, 3.05) is 20.8 Å². The summed E-state index contributed by atoms with van der Waals surface area (Å²) in [6.07, 6.45) is -0.319. The molecule has 3 aromatic carbocycles. The van der Waals surface area contributed by atoms with Gasteiger partial charge in [0, 0.05) is 30.3 Å². The highest BCUT2D eigenvalue weighted by molar-refractivity contribution is 5.89. The second kappa shape index (κ2) is 8.37. The molecule has 1 heterocycles. The molecule has 4 rings (SSSR count). The van der Waals surface area contributed by atoms with Crippen molar-refractivity contribution in [2.24, 2.45) is 0 Å². The zero-order valence-corrected chi connectivity index (χ0v) is 16.4. The second-order valence-corrected chi connectivity index (χ2v) is 6.82. The average molecular weight is 389 g/mol. The van der Waals surface area contributed by atoms with Crippen molar-refractivity contribution in [2.45, 2.75) is 12.0 Å². The normalized spacial score (nSPS) is 13.6. The topological polar surface area (TPSA) is 56.8 Å². The SMILES string of the molecule is COc1ccccc1C(CNC(=O)C1c2ccccc2Oc2ccccc21)OC. The predicted molar refractivity (Wildman–Crippen MR) is 111 cm³/mol. The van der Waals surface area contributed by atoms with E-state index in [0.717, 1.165) is 22.4 Å². The Morgan fingerprint density at radius 3 is 2.14 bits per heavy atom. The summed E-state index contributed by atoms with van der Waals surface area (Å²) in [5, 5.41) is 3.06. The molecule has 29 heavy (non-hydrogen) atoms. The van der Waals surface area contributed by atoms with E-state index >= 15 is 0 Å². The van der Waals surface area contributed by atoms with Gasteiger partial charge in [-0.2, -0.15) is 0 Å². The molecule has 1 amide bonds. The first-order valence-electron chi connectivity index (χ1n) is 9.52. The van der Waals surface area contributed by atoms with Gasteiger partial charge in [0.05, 0.1) is 13.0 Å². The molecule has 148 valence electrons. The van der Waals surface area contributed by atoms with Crippen LogP contribution in [-0.2, 0) is 9.53 Å². The van der Waals surface area contributed by atoms with Crippen LogP contribution in [0.2, 0.25) is 0 Å². The quantitative estimate of drug-likeness (QED) is 0.677. The molecule has 0 fully saturated rings. The van der Waals surface area contributed by atoms with Crippen molar-refractivity contribution in [1.82, 2.24) is 5.32 Å². The molecule has 3 aromatic rings. The van der Waals surface area contributed by atoms with Crippen LogP contribution in [0.15, 0.2) is 72.8 Å². The van der Waals surface area contributed by atoms with Crippen LogP contribution in [-0.4, -0.2) is 26.7 Å².